The van der Waals surface area contributed by atoms with E-state index < -0.39 is 11.9 Å². The lowest BCUT2D eigenvalue weighted by Gasteiger charge is -2.38. The van der Waals surface area contributed by atoms with Gasteiger partial charge in [-0.25, -0.2) is 0 Å². The fourth-order valence-corrected chi connectivity index (χ4v) is 1.49. The summed E-state index contributed by atoms with van der Waals surface area (Å²) in [4.78, 5) is 5.08. The monoisotopic (exact) mass is 217 g/mol. The van der Waals surface area contributed by atoms with Gasteiger partial charge in [-0.15, -0.1) is 0 Å². The summed E-state index contributed by atoms with van der Waals surface area (Å²) in [6.07, 6.45) is -3.22. The van der Waals surface area contributed by atoms with E-state index in [-0.39, 0.29) is 6.04 Å². The van der Waals surface area contributed by atoms with Crippen molar-refractivity contribution >= 4 is 5.69 Å². The summed E-state index contributed by atoms with van der Waals surface area (Å²) >= 11 is 0. The van der Waals surface area contributed by atoms with Crippen LogP contribution in [0.1, 0.15) is 5.69 Å². The molecule has 1 aliphatic heterocycles. The summed E-state index contributed by atoms with van der Waals surface area (Å²) in [5.74, 6) is 0. The highest BCUT2D eigenvalue weighted by Gasteiger charge is 2.33. The normalized spacial score (nSPS) is 17.7. The molecule has 0 saturated carbocycles. The number of alkyl halides is 3. The van der Waals surface area contributed by atoms with Crippen molar-refractivity contribution in [3.05, 3.63) is 24.0 Å². The average Bonchev–Trinajstić information content (AvgIpc) is 2.12. The van der Waals surface area contributed by atoms with Gasteiger partial charge < -0.3 is 10.6 Å². The molecule has 0 spiro atoms. The highest BCUT2D eigenvalue weighted by Crippen LogP contribution is 2.30. The molecule has 1 fully saturated rings. The van der Waals surface area contributed by atoms with Crippen molar-refractivity contribution < 1.29 is 13.2 Å². The van der Waals surface area contributed by atoms with Crippen molar-refractivity contribution in [2.75, 3.05) is 18.0 Å². The number of hydrogen-bond donors (Lipinski definition) is 1. The van der Waals surface area contributed by atoms with Crippen molar-refractivity contribution in [3.63, 3.8) is 0 Å². The maximum Gasteiger partial charge on any atom is 0.433 e. The van der Waals surface area contributed by atoms with Crippen LogP contribution in [0.25, 0.3) is 0 Å². The van der Waals surface area contributed by atoms with Crippen LogP contribution in [-0.4, -0.2) is 24.1 Å². The fourth-order valence-electron chi connectivity index (χ4n) is 1.49. The highest BCUT2D eigenvalue weighted by molar-refractivity contribution is 5.49. The molecular formula is C9H10F3N3. The predicted molar refractivity (Wildman–Crippen MR) is 49.4 cm³/mol. The zero-order chi connectivity index (χ0) is 11.1. The summed E-state index contributed by atoms with van der Waals surface area (Å²) in [7, 11) is 0. The van der Waals surface area contributed by atoms with Crippen LogP contribution in [0.3, 0.4) is 0 Å². The Morgan fingerprint density at radius 3 is 2.60 bits per heavy atom. The smallest absolute Gasteiger partial charge is 0.368 e. The molecule has 0 bridgehead atoms. The lowest BCUT2D eigenvalue weighted by atomic mass is 10.1. The van der Waals surface area contributed by atoms with Crippen LogP contribution in [0.15, 0.2) is 18.3 Å². The number of anilines is 1. The molecule has 0 unspecified atom stereocenters. The fraction of sp³-hybridized carbons (Fsp3) is 0.444. The van der Waals surface area contributed by atoms with Crippen LogP contribution in [0.4, 0.5) is 18.9 Å². The Morgan fingerprint density at radius 2 is 2.07 bits per heavy atom. The largest absolute Gasteiger partial charge is 0.433 e. The third-order valence-corrected chi connectivity index (χ3v) is 2.31. The van der Waals surface area contributed by atoms with E-state index in [9.17, 15) is 13.2 Å². The standard InChI is InChI=1S/C9H10F3N3/c10-9(11,12)8-3-7(1-2-14-8)15-4-6(13)5-15/h1-3,6H,4-5,13H2. The van der Waals surface area contributed by atoms with E-state index in [1.807, 2.05) is 0 Å². The molecule has 0 aromatic carbocycles. The van der Waals surface area contributed by atoms with Gasteiger partial charge >= 0.3 is 6.18 Å². The van der Waals surface area contributed by atoms with Gasteiger partial charge in [-0.3, -0.25) is 4.98 Å². The number of aromatic nitrogens is 1. The zero-order valence-electron chi connectivity index (χ0n) is 7.83. The third-order valence-electron chi connectivity index (χ3n) is 2.31. The Hall–Kier alpha value is -1.30. The van der Waals surface area contributed by atoms with E-state index in [2.05, 4.69) is 4.98 Å². The second-order valence-corrected chi connectivity index (χ2v) is 3.56. The minimum atomic E-state index is -4.39. The Morgan fingerprint density at radius 1 is 1.40 bits per heavy atom. The Labute approximate surface area is 84.7 Å². The number of hydrogen-bond acceptors (Lipinski definition) is 3. The van der Waals surface area contributed by atoms with Crippen LogP contribution in [-0.2, 0) is 6.18 Å². The van der Waals surface area contributed by atoms with Gasteiger partial charge in [-0.1, -0.05) is 0 Å². The molecule has 6 heteroatoms. The van der Waals surface area contributed by atoms with Crippen LogP contribution in [0.5, 0.6) is 0 Å². The molecule has 2 rings (SSSR count). The van der Waals surface area contributed by atoms with Gasteiger partial charge in [0.15, 0.2) is 0 Å². The molecule has 3 nitrogen and oxygen atoms in total. The quantitative estimate of drug-likeness (QED) is 0.769. The first-order chi connectivity index (χ1) is 6.97. The summed E-state index contributed by atoms with van der Waals surface area (Å²) < 4.78 is 37.0. The zero-order valence-corrected chi connectivity index (χ0v) is 7.83. The van der Waals surface area contributed by atoms with Crippen LogP contribution in [0.2, 0.25) is 0 Å². The number of halogens is 3. The van der Waals surface area contributed by atoms with E-state index in [1.54, 1.807) is 11.0 Å². The maximum absolute atomic E-state index is 12.3. The van der Waals surface area contributed by atoms with E-state index in [4.69, 9.17) is 5.73 Å². The lowest BCUT2D eigenvalue weighted by molar-refractivity contribution is -0.141. The number of nitrogens with zero attached hydrogens (tertiary/aromatic N) is 2. The minimum Gasteiger partial charge on any atom is -0.368 e. The topological polar surface area (TPSA) is 42.1 Å². The van der Waals surface area contributed by atoms with Gasteiger partial charge in [0.1, 0.15) is 5.69 Å². The Kier molecular flexibility index (Phi) is 2.30. The first kappa shape index (κ1) is 10.2. The van der Waals surface area contributed by atoms with Crippen LogP contribution >= 0.6 is 0 Å². The third kappa shape index (κ3) is 2.04. The molecule has 0 aliphatic carbocycles. The van der Waals surface area contributed by atoms with E-state index in [0.29, 0.717) is 18.8 Å². The van der Waals surface area contributed by atoms with E-state index in [0.717, 1.165) is 6.07 Å². The van der Waals surface area contributed by atoms with Crippen LogP contribution in [0, 0.1) is 0 Å². The summed E-state index contributed by atoms with van der Waals surface area (Å²) in [5.41, 5.74) is 5.22. The van der Waals surface area contributed by atoms with E-state index >= 15 is 0 Å². The number of nitrogens with two attached hydrogens (primary N) is 1. The molecule has 1 aliphatic rings. The van der Waals surface area contributed by atoms with Gasteiger partial charge in [-0.2, -0.15) is 13.2 Å². The molecule has 15 heavy (non-hydrogen) atoms. The lowest BCUT2D eigenvalue weighted by Crippen LogP contribution is -2.55. The average molecular weight is 217 g/mol. The van der Waals surface area contributed by atoms with Crippen molar-refractivity contribution in [3.8, 4) is 0 Å². The number of rotatable bonds is 1. The molecule has 2 N–H and O–H groups in total. The molecular weight excluding hydrogens is 207 g/mol. The Bertz CT molecular complexity index is 358. The van der Waals surface area contributed by atoms with Crippen LogP contribution < -0.4 is 10.6 Å². The summed E-state index contributed by atoms with van der Waals surface area (Å²) in [6, 6.07) is 2.67. The van der Waals surface area contributed by atoms with Crippen molar-refractivity contribution in [1.29, 1.82) is 0 Å². The first-order valence-electron chi connectivity index (χ1n) is 4.50. The van der Waals surface area contributed by atoms with Crippen molar-refractivity contribution in [2.24, 2.45) is 5.73 Å². The second kappa shape index (κ2) is 3.37. The first-order valence-corrected chi connectivity index (χ1v) is 4.50. The number of pyridine rings is 1. The molecule has 1 aromatic rings. The molecule has 1 aromatic heterocycles. The predicted octanol–water partition coefficient (Wildman–Crippen LogP) is 1.25. The SMILES string of the molecule is NC1CN(c2ccnc(C(F)(F)F)c2)C1. The molecule has 0 atom stereocenters. The molecule has 82 valence electrons. The molecule has 0 radical (unpaired) electrons. The molecule has 0 amide bonds. The van der Waals surface area contributed by atoms with Crippen molar-refractivity contribution in [1.82, 2.24) is 4.98 Å². The highest BCUT2D eigenvalue weighted by atomic mass is 19.4. The molecule has 2 heterocycles. The van der Waals surface area contributed by atoms with Gasteiger partial charge in [-0.05, 0) is 12.1 Å². The maximum atomic E-state index is 12.3. The van der Waals surface area contributed by atoms with Gasteiger partial charge in [0.25, 0.3) is 0 Å². The van der Waals surface area contributed by atoms with Crippen molar-refractivity contribution in [2.45, 2.75) is 12.2 Å². The summed E-state index contributed by atoms with van der Waals surface area (Å²) in [5, 5.41) is 0. The van der Waals surface area contributed by atoms with Gasteiger partial charge in [0, 0.05) is 31.0 Å². The molecule has 1 saturated heterocycles. The Balaban J connectivity index is 2.20. The van der Waals surface area contributed by atoms with Gasteiger partial charge in [0.2, 0.25) is 0 Å². The van der Waals surface area contributed by atoms with Gasteiger partial charge in [0.05, 0.1) is 0 Å². The minimum absolute atomic E-state index is 0.0625. The summed E-state index contributed by atoms with van der Waals surface area (Å²) in [6.45, 7) is 1.20. The second-order valence-electron chi connectivity index (χ2n) is 3.56. The van der Waals surface area contributed by atoms with E-state index in [1.165, 1.54) is 6.20 Å².